The largest absolute Gasteiger partial charge is 0.493 e. The maximum absolute atomic E-state index is 12.1. The number of benzene rings is 2. The second-order valence-electron chi connectivity index (χ2n) is 8.05. The number of carbonyl (C=O) groups is 4. The maximum Gasteiger partial charge on any atom is 0.317 e. The molecule has 0 spiro atoms. The smallest absolute Gasteiger partial charge is 0.317 e. The lowest BCUT2D eigenvalue weighted by atomic mass is 10.1. The number of aldehydes is 1. The van der Waals surface area contributed by atoms with Gasteiger partial charge in [0.2, 0.25) is 0 Å². The van der Waals surface area contributed by atoms with Crippen LogP contribution in [-0.4, -0.2) is 55.9 Å². The average Bonchev–Trinajstić information content (AvgIpc) is 2.96. The summed E-state index contributed by atoms with van der Waals surface area (Å²) < 4.78 is 15.9. The van der Waals surface area contributed by atoms with Gasteiger partial charge in [0.05, 0.1) is 31.3 Å². The molecule has 1 amide bonds. The van der Waals surface area contributed by atoms with Gasteiger partial charge in [-0.05, 0) is 36.6 Å². The Morgan fingerprint density at radius 2 is 1.80 bits per heavy atom. The van der Waals surface area contributed by atoms with Crippen LogP contribution in [0.1, 0.15) is 52.0 Å². The number of hydrogen-bond donors (Lipinski definition) is 1. The fourth-order valence-corrected chi connectivity index (χ4v) is 3.34. The van der Waals surface area contributed by atoms with E-state index in [0.717, 1.165) is 0 Å². The van der Waals surface area contributed by atoms with Crippen LogP contribution in [-0.2, 0) is 25.6 Å². The van der Waals surface area contributed by atoms with Crippen molar-refractivity contribution in [2.45, 2.75) is 32.1 Å². The quantitative estimate of drug-likeness (QED) is 0.0436. The van der Waals surface area contributed by atoms with Gasteiger partial charge in [-0.15, -0.1) is 0 Å². The third-order valence-corrected chi connectivity index (χ3v) is 5.31. The molecule has 0 saturated carbocycles. The minimum atomic E-state index is -0.753. The molecule has 2 aromatic rings. The molecule has 2 aromatic carbocycles. The molecule has 0 aromatic heterocycles. The van der Waals surface area contributed by atoms with Crippen molar-refractivity contribution in [3.8, 4) is 11.5 Å². The van der Waals surface area contributed by atoms with E-state index in [1.165, 1.54) is 43.5 Å². The Morgan fingerprint density at radius 3 is 2.45 bits per heavy atom. The van der Waals surface area contributed by atoms with Crippen molar-refractivity contribution >= 4 is 29.8 Å². The van der Waals surface area contributed by atoms with Crippen molar-refractivity contribution in [3.63, 3.8) is 0 Å². The van der Waals surface area contributed by atoms with Gasteiger partial charge >= 0.3 is 11.9 Å². The van der Waals surface area contributed by atoms with E-state index in [9.17, 15) is 29.3 Å². The zero-order valence-electron chi connectivity index (χ0n) is 21.6. The van der Waals surface area contributed by atoms with Crippen LogP contribution in [0, 0.1) is 10.1 Å². The topological polar surface area (TPSA) is 209 Å². The van der Waals surface area contributed by atoms with Crippen LogP contribution >= 0.6 is 0 Å². The molecule has 0 aliphatic heterocycles. The molecular formula is C25H27N5O10. The second kappa shape index (κ2) is 16.6. The maximum atomic E-state index is 12.1. The third-order valence-electron chi connectivity index (χ3n) is 5.31. The first-order chi connectivity index (χ1) is 19.3. The first-order valence-electron chi connectivity index (χ1n) is 12.0. The predicted molar refractivity (Wildman–Crippen MR) is 138 cm³/mol. The van der Waals surface area contributed by atoms with Crippen molar-refractivity contribution < 1.29 is 43.1 Å². The summed E-state index contributed by atoms with van der Waals surface area (Å²) in [7, 11) is 1.36. The van der Waals surface area contributed by atoms with Gasteiger partial charge in [0.15, 0.2) is 11.5 Å². The molecule has 0 aliphatic rings. The predicted octanol–water partition coefficient (Wildman–Crippen LogP) is 3.64. The van der Waals surface area contributed by atoms with Gasteiger partial charge in [0.25, 0.3) is 11.6 Å². The van der Waals surface area contributed by atoms with Crippen molar-refractivity contribution in [2.24, 2.45) is 5.28 Å². The molecule has 1 N–H and O–H groups in total. The van der Waals surface area contributed by atoms with Crippen LogP contribution in [0.2, 0.25) is 0 Å². The zero-order valence-corrected chi connectivity index (χ0v) is 21.6. The Balaban J connectivity index is 1.81. The Labute approximate surface area is 228 Å². The first kappa shape index (κ1) is 31.1. The minimum absolute atomic E-state index is 0.00272. The van der Waals surface area contributed by atoms with Gasteiger partial charge < -0.3 is 24.4 Å². The molecule has 212 valence electrons. The molecule has 15 nitrogen and oxygen atoms in total. The Kier molecular flexibility index (Phi) is 12.9. The molecule has 40 heavy (non-hydrogen) atoms. The zero-order chi connectivity index (χ0) is 29.3. The van der Waals surface area contributed by atoms with Crippen LogP contribution < -0.4 is 14.8 Å². The number of hydrogen-bond acceptors (Lipinski definition) is 11. The summed E-state index contributed by atoms with van der Waals surface area (Å²) in [5.74, 6) is -1.33. The fourth-order valence-electron chi connectivity index (χ4n) is 3.34. The number of nitrogens with one attached hydrogen (secondary N) is 1. The van der Waals surface area contributed by atoms with Gasteiger partial charge in [0.1, 0.15) is 11.6 Å². The van der Waals surface area contributed by atoms with Gasteiger partial charge in [-0.3, -0.25) is 29.3 Å². The number of nitro benzene ring substituents is 1. The summed E-state index contributed by atoms with van der Waals surface area (Å²) in [5, 5.41) is 17.0. The summed E-state index contributed by atoms with van der Waals surface area (Å²) >= 11 is 0. The Morgan fingerprint density at radius 1 is 1.07 bits per heavy atom. The monoisotopic (exact) mass is 557 g/mol. The second-order valence-corrected chi connectivity index (χ2v) is 8.05. The van der Waals surface area contributed by atoms with Crippen LogP contribution in [0.15, 0.2) is 41.7 Å². The number of ether oxygens (including phenoxy) is 3. The number of carbonyl (C=O) groups excluding carboxylic acids is 4. The van der Waals surface area contributed by atoms with Crippen LogP contribution in [0.4, 0.5) is 5.69 Å². The lowest BCUT2D eigenvalue weighted by Gasteiger charge is -2.13. The van der Waals surface area contributed by atoms with Gasteiger partial charge in [0, 0.05) is 47.4 Å². The third kappa shape index (κ3) is 10.3. The summed E-state index contributed by atoms with van der Waals surface area (Å²) in [6, 6.07) is 8.69. The number of azide groups is 1. The van der Waals surface area contributed by atoms with E-state index in [0.29, 0.717) is 23.8 Å². The highest BCUT2D eigenvalue weighted by Crippen LogP contribution is 2.35. The van der Waals surface area contributed by atoms with Crippen molar-refractivity contribution in [2.75, 3.05) is 26.9 Å². The molecule has 2 rings (SSSR count). The Hall–Kier alpha value is -5.17. The number of nitrogens with zero attached hydrogens (tertiary/aromatic N) is 4. The van der Waals surface area contributed by atoms with Gasteiger partial charge in [-0.1, -0.05) is 12.1 Å². The molecular weight excluding hydrogens is 530 g/mol. The SMILES string of the molecule is COc1cc(CCOC(=O)CCCNC(=O)c2ccc(C=O)cc2)c([N+](=O)[O-])cc1OCCCC(=O)ON=[N+]=[N-]. The van der Waals surface area contributed by atoms with E-state index < -0.39 is 16.9 Å². The molecule has 0 saturated heterocycles. The summed E-state index contributed by atoms with van der Waals surface area (Å²) in [5.41, 5.74) is 8.94. The van der Waals surface area contributed by atoms with Crippen molar-refractivity contribution in [1.82, 2.24) is 5.32 Å². The van der Waals surface area contributed by atoms with E-state index in [4.69, 9.17) is 19.7 Å². The molecule has 0 heterocycles. The molecule has 0 fully saturated rings. The van der Waals surface area contributed by atoms with Crippen LogP contribution in [0.3, 0.4) is 0 Å². The van der Waals surface area contributed by atoms with Gasteiger partial charge in [-0.25, -0.2) is 0 Å². The number of esters is 1. The lowest BCUT2D eigenvalue weighted by Crippen LogP contribution is -2.25. The van der Waals surface area contributed by atoms with Crippen molar-refractivity contribution in [3.05, 3.63) is 73.6 Å². The molecule has 0 bridgehead atoms. The summed E-state index contributed by atoms with van der Waals surface area (Å²) in [4.78, 5) is 63.7. The average molecular weight is 558 g/mol. The standard InChI is InChI=1S/C25H27N5O10/c1-37-21-14-19(20(30(35)36)15-22(21)38-12-3-5-24(33)40-29-28-26)10-13-39-23(32)4-2-11-27-25(34)18-8-6-17(16-31)7-9-18/h6-9,14-16H,2-5,10-13H2,1H3,(H,27,34). The number of rotatable bonds is 17. The van der Waals surface area contributed by atoms with Crippen LogP contribution in [0.25, 0.3) is 10.4 Å². The van der Waals surface area contributed by atoms with E-state index in [2.05, 4.69) is 20.3 Å². The number of nitro groups is 1. The van der Waals surface area contributed by atoms with Gasteiger partial charge in [-0.2, -0.15) is 0 Å². The molecule has 15 heteroatoms. The highest BCUT2D eigenvalue weighted by molar-refractivity contribution is 5.94. The molecule has 0 unspecified atom stereocenters. The van der Waals surface area contributed by atoms with E-state index in [-0.39, 0.29) is 74.1 Å². The molecule has 0 aliphatic carbocycles. The van der Waals surface area contributed by atoms with E-state index >= 15 is 0 Å². The Bertz CT molecular complexity index is 1260. The lowest BCUT2D eigenvalue weighted by molar-refractivity contribution is -0.385. The summed E-state index contributed by atoms with van der Waals surface area (Å²) in [6.07, 6.45) is 1.15. The molecule has 0 atom stereocenters. The first-order valence-corrected chi connectivity index (χ1v) is 12.0. The molecule has 0 radical (unpaired) electrons. The summed E-state index contributed by atoms with van der Waals surface area (Å²) in [6.45, 7) is 0.108. The minimum Gasteiger partial charge on any atom is -0.493 e. The number of methoxy groups -OCH3 is 1. The normalized spacial score (nSPS) is 10.0. The van der Waals surface area contributed by atoms with Crippen molar-refractivity contribution in [1.29, 1.82) is 0 Å². The highest BCUT2D eigenvalue weighted by atomic mass is 16.7. The van der Waals surface area contributed by atoms with Crippen LogP contribution in [0.5, 0.6) is 11.5 Å². The van der Waals surface area contributed by atoms with E-state index in [1.54, 1.807) is 0 Å². The highest BCUT2D eigenvalue weighted by Gasteiger charge is 2.20. The number of amides is 1. The fraction of sp³-hybridized carbons (Fsp3) is 0.360. The van der Waals surface area contributed by atoms with E-state index in [1.807, 2.05) is 0 Å².